The highest BCUT2D eigenvalue weighted by Gasteiger charge is 2.16. The molecule has 0 saturated carbocycles. The molecule has 0 fully saturated rings. The van der Waals surface area contributed by atoms with Crippen LogP contribution in [0.1, 0.15) is 10.4 Å². The van der Waals surface area contributed by atoms with Gasteiger partial charge in [0.15, 0.2) is 0 Å². The molecule has 4 nitrogen and oxygen atoms in total. The molecule has 104 valence electrons. The average Bonchev–Trinajstić information content (AvgIpc) is 2.48. The van der Waals surface area contributed by atoms with E-state index in [2.05, 4.69) is 27.6 Å². The summed E-state index contributed by atoms with van der Waals surface area (Å²) in [6.07, 6.45) is 0. The summed E-state index contributed by atoms with van der Waals surface area (Å²) in [4.78, 5) is 15.7. The molecular weight excluding hydrogens is 381 g/mol. The Hall–Kier alpha value is -2.15. The van der Waals surface area contributed by atoms with E-state index in [1.807, 2.05) is 42.5 Å². The van der Waals surface area contributed by atoms with E-state index < -0.39 is 5.97 Å². The van der Waals surface area contributed by atoms with Gasteiger partial charge < -0.3 is 9.84 Å². The summed E-state index contributed by atoms with van der Waals surface area (Å²) in [7, 11) is 0. The van der Waals surface area contributed by atoms with E-state index >= 15 is 0 Å². The number of carbonyl (C=O) groups is 1. The molecular formula is C16H10INO3. The molecule has 1 heterocycles. The zero-order valence-electron chi connectivity index (χ0n) is 10.8. The SMILES string of the molecule is O=C(O)c1cc2ccccc2nc1Oc1ccccc1I. The number of halogens is 1. The van der Waals surface area contributed by atoms with Crippen molar-refractivity contribution in [3.63, 3.8) is 0 Å². The molecule has 0 aliphatic rings. The minimum absolute atomic E-state index is 0.0494. The molecule has 2 aromatic carbocycles. The molecule has 1 N–H and O–H groups in total. The number of carboxylic acids is 1. The number of hydrogen-bond donors (Lipinski definition) is 1. The van der Waals surface area contributed by atoms with E-state index in [9.17, 15) is 9.90 Å². The minimum Gasteiger partial charge on any atom is -0.477 e. The van der Waals surface area contributed by atoms with Gasteiger partial charge in [-0.1, -0.05) is 30.3 Å². The van der Waals surface area contributed by atoms with E-state index in [-0.39, 0.29) is 11.4 Å². The quantitative estimate of drug-likeness (QED) is 0.676. The Bertz CT molecular complexity index is 833. The number of aromatic nitrogens is 1. The number of hydrogen-bond acceptors (Lipinski definition) is 3. The van der Waals surface area contributed by atoms with Crippen molar-refractivity contribution < 1.29 is 14.6 Å². The Morgan fingerprint density at radius 1 is 1.10 bits per heavy atom. The highest BCUT2D eigenvalue weighted by atomic mass is 127. The summed E-state index contributed by atoms with van der Waals surface area (Å²) in [5.74, 6) is -0.372. The van der Waals surface area contributed by atoms with Crippen molar-refractivity contribution >= 4 is 39.5 Å². The van der Waals surface area contributed by atoms with Crippen LogP contribution in [0.3, 0.4) is 0 Å². The second-order valence-electron chi connectivity index (χ2n) is 4.37. The van der Waals surface area contributed by atoms with Gasteiger partial charge in [-0.15, -0.1) is 0 Å². The normalized spacial score (nSPS) is 10.5. The van der Waals surface area contributed by atoms with Gasteiger partial charge in [0.2, 0.25) is 5.88 Å². The molecule has 3 aromatic rings. The molecule has 3 rings (SSSR count). The second-order valence-corrected chi connectivity index (χ2v) is 5.53. The first-order chi connectivity index (χ1) is 10.1. The van der Waals surface area contributed by atoms with Crippen molar-refractivity contribution in [1.82, 2.24) is 4.98 Å². The molecule has 0 bridgehead atoms. The molecule has 0 spiro atoms. The monoisotopic (exact) mass is 391 g/mol. The lowest BCUT2D eigenvalue weighted by molar-refractivity contribution is 0.0693. The number of aromatic carboxylic acids is 1. The van der Waals surface area contributed by atoms with Gasteiger partial charge in [-0.05, 0) is 46.9 Å². The molecule has 0 radical (unpaired) electrons. The Morgan fingerprint density at radius 3 is 2.57 bits per heavy atom. The summed E-state index contributed by atoms with van der Waals surface area (Å²) in [6.45, 7) is 0. The fraction of sp³-hybridized carbons (Fsp3) is 0. The molecule has 0 atom stereocenters. The standard InChI is InChI=1S/C16H10INO3/c17-12-6-2-4-8-14(12)21-15-11(16(19)20)9-10-5-1-3-7-13(10)18-15/h1-9H,(H,19,20). The lowest BCUT2D eigenvalue weighted by Gasteiger charge is -2.10. The number of para-hydroxylation sites is 2. The van der Waals surface area contributed by atoms with Crippen LogP contribution in [-0.2, 0) is 0 Å². The van der Waals surface area contributed by atoms with Crippen LogP contribution < -0.4 is 4.74 Å². The van der Waals surface area contributed by atoms with E-state index in [1.165, 1.54) is 0 Å². The highest BCUT2D eigenvalue weighted by molar-refractivity contribution is 14.1. The summed E-state index contributed by atoms with van der Waals surface area (Å²) in [5, 5.41) is 10.1. The first-order valence-corrected chi connectivity index (χ1v) is 7.28. The molecule has 0 unspecified atom stereocenters. The Labute approximate surface area is 134 Å². The molecule has 21 heavy (non-hydrogen) atoms. The molecule has 5 heteroatoms. The zero-order chi connectivity index (χ0) is 14.8. The predicted octanol–water partition coefficient (Wildman–Crippen LogP) is 4.33. The Kier molecular flexibility index (Phi) is 3.74. The van der Waals surface area contributed by atoms with Crippen molar-refractivity contribution in [1.29, 1.82) is 0 Å². The van der Waals surface area contributed by atoms with Gasteiger partial charge in [0, 0.05) is 5.39 Å². The molecule has 0 amide bonds. The average molecular weight is 391 g/mol. The third kappa shape index (κ3) is 2.82. The first kappa shape index (κ1) is 13.8. The fourth-order valence-electron chi connectivity index (χ4n) is 1.96. The van der Waals surface area contributed by atoms with Crippen LogP contribution in [0.25, 0.3) is 10.9 Å². The van der Waals surface area contributed by atoms with Gasteiger partial charge in [0.25, 0.3) is 0 Å². The maximum absolute atomic E-state index is 11.4. The number of pyridine rings is 1. The van der Waals surface area contributed by atoms with Crippen LogP contribution in [0.4, 0.5) is 0 Å². The Balaban J connectivity index is 2.14. The van der Waals surface area contributed by atoms with Gasteiger partial charge in [-0.3, -0.25) is 0 Å². The lowest BCUT2D eigenvalue weighted by Crippen LogP contribution is -2.03. The molecule has 0 aliphatic heterocycles. The fourth-order valence-corrected chi connectivity index (χ4v) is 2.46. The van der Waals surface area contributed by atoms with Gasteiger partial charge in [-0.25, -0.2) is 9.78 Å². The van der Waals surface area contributed by atoms with E-state index in [0.717, 1.165) is 8.96 Å². The van der Waals surface area contributed by atoms with Gasteiger partial charge in [0.05, 0.1) is 9.09 Å². The van der Waals surface area contributed by atoms with Crippen molar-refractivity contribution in [2.45, 2.75) is 0 Å². The smallest absolute Gasteiger partial charge is 0.341 e. The van der Waals surface area contributed by atoms with Crippen LogP contribution in [-0.4, -0.2) is 16.1 Å². The largest absolute Gasteiger partial charge is 0.477 e. The van der Waals surface area contributed by atoms with Crippen LogP contribution in [0.2, 0.25) is 0 Å². The van der Waals surface area contributed by atoms with E-state index in [1.54, 1.807) is 12.1 Å². The maximum Gasteiger partial charge on any atom is 0.341 e. The number of carboxylic acid groups (broad SMARTS) is 1. The van der Waals surface area contributed by atoms with Crippen LogP contribution in [0.15, 0.2) is 54.6 Å². The van der Waals surface area contributed by atoms with Crippen molar-refractivity contribution in [2.75, 3.05) is 0 Å². The lowest BCUT2D eigenvalue weighted by atomic mass is 10.1. The van der Waals surface area contributed by atoms with Gasteiger partial charge in [0.1, 0.15) is 11.3 Å². The van der Waals surface area contributed by atoms with Gasteiger partial charge in [-0.2, -0.15) is 0 Å². The van der Waals surface area contributed by atoms with Crippen LogP contribution >= 0.6 is 22.6 Å². The van der Waals surface area contributed by atoms with E-state index in [0.29, 0.717) is 11.3 Å². The second kappa shape index (κ2) is 5.69. The van der Waals surface area contributed by atoms with Crippen LogP contribution in [0, 0.1) is 3.57 Å². The molecule has 0 saturated heterocycles. The maximum atomic E-state index is 11.4. The highest BCUT2D eigenvalue weighted by Crippen LogP contribution is 2.29. The topological polar surface area (TPSA) is 59.4 Å². The number of benzene rings is 2. The van der Waals surface area contributed by atoms with E-state index in [4.69, 9.17) is 4.74 Å². The molecule has 1 aromatic heterocycles. The van der Waals surface area contributed by atoms with Crippen molar-refractivity contribution in [2.24, 2.45) is 0 Å². The number of rotatable bonds is 3. The Morgan fingerprint density at radius 2 is 1.81 bits per heavy atom. The number of nitrogens with zero attached hydrogens (tertiary/aromatic N) is 1. The van der Waals surface area contributed by atoms with Crippen molar-refractivity contribution in [3.05, 3.63) is 63.7 Å². The third-order valence-corrected chi connectivity index (χ3v) is 3.85. The summed E-state index contributed by atoms with van der Waals surface area (Å²) in [5.41, 5.74) is 0.747. The molecule has 0 aliphatic carbocycles. The summed E-state index contributed by atoms with van der Waals surface area (Å²) < 4.78 is 6.60. The summed E-state index contributed by atoms with van der Waals surface area (Å²) >= 11 is 2.13. The van der Waals surface area contributed by atoms with Crippen molar-refractivity contribution in [3.8, 4) is 11.6 Å². The number of ether oxygens (including phenoxy) is 1. The third-order valence-electron chi connectivity index (χ3n) is 2.96. The summed E-state index contributed by atoms with van der Waals surface area (Å²) in [6, 6.07) is 16.3. The first-order valence-electron chi connectivity index (χ1n) is 6.20. The van der Waals surface area contributed by atoms with Gasteiger partial charge >= 0.3 is 5.97 Å². The minimum atomic E-state index is -1.06. The predicted molar refractivity (Wildman–Crippen MR) is 87.9 cm³/mol. The zero-order valence-corrected chi connectivity index (χ0v) is 12.9. The van der Waals surface area contributed by atoms with Crippen LogP contribution in [0.5, 0.6) is 11.6 Å². The number of fused-ring (bicyclic) bond motifs is 1.